The van der Waals surface area contributed by atoms with E-state index >= 15 is 0 Å². The molecule has 0 spiro atoms. The first-order valence-corrected chi connectivity index (χ1v) is 4.52. The van der Waals surface area contributed by atoms with E-state index in [-0.39, 0.29) is 6.04 Å². The summed E-state index contributed by atoms with van der Waals surface area (Å²) in [5.41, 5.74) is 0. The molecule has 4 heteroatoms. The van der Waals surface area contributed by atoms with Crippen molar-refractivity contribution in [1.82, 2.24) is 5.32 Å². The lowest BCUT2D eigenvalue weighted by molar-refractivity contribution is -0.139. The largest absolute Gasteiger partial charge is 0.480 e. The molecule has 0 aliphatic carbocycles. The minimum Gasteiger partial charge on any atom is -0.480 e. The van der Waals surface area contributed by atoms with Crippen LogP contribution in [0.15, 0.2) is 0 Å². The molecule has 2 N–H and O–H groups in total. The third kappa shape index (κ3) is 1.64. The Morgan fingerprint density at radius 2 is 2.50 bits per heavy atom. The SMILES string of the molecule is CSC1CNC(C(=O)O)C1. The molecule has 0 aromatic rings. The monoisotopic (exact) mass is 161 g/mol. The number of hydrogen-bond acceptors (Lipinski definition) is 3. The fourth-order valence-electron chi connectivity index (χ4n) is 1.07. The van der Waals surface area contributed by atoms with Crippen LogP contribution >= 0.6 is 11.8 Å². The lowest BCUT2D eigenvalue weighted by atomic mass is 10.2. The predicted octanol–water partition coefficient (Wildman–Crippen LogP) is 0.164. The topological polar surface area (TPSA) is 49.3 Å². The third-order valence-electron chi connectivity index (χ3n) is 1.72. The molecular formula is C6H11NO2S. The maximum Gasteiger partial charge on any atom is 0.320 e. The molecule has 1 rings (SSSR count). The molecule has 0 bridgehead atoms. The van der Waals surface area contributed by atoms with Gasteiger partial charge >= 0.3 is 5.97 Å². The standard InChI is InChI=1S/C6H11NO2S/c1-10-4-2-5(6(8)9)7-3-4/h4-5,7H,2-3H2,1H3,(H,8,9). The van der Waals surface area contributed by atoms with E-state index in [0.29, 0.717) is 5.25 Å². The second-order valence-corrected chi connectivity index (χ2v) is 3.53. The highest BCUT2D eigenvalue weighted by molar-refractivity contribution is 7.99. The fourth-order valence-corrected chi connectivity index (χ4v) is 1.72. The molecule has 0 radical (unpaired) electrons. The number of hydrogen-bond donors (Lipinski definition) is 2. The molecular weight excluding hydrogens is 150 g/mol. The van der Waals surface area contributed by atoms with Crippen molar-refractivity contribution in [2.45, 2.75) is 17.7 Å². The minimum atomic E-state index is -0.725. The quantitative estimate of drug-likeness (QED) is 0.606. The van der Waals surface area contributed by atoms with Gasteiger partial charge in [-0.25, -0.2) is 0 Å². The van der Waals surface area contributed by atoms with Crippen LogP contribution in [0.2, 0.25) is 0 Å². The average Bonchev–Trinajstić information content (AvgIpc) is 2.34. The van der Waals surface area contributed by atoms with Gasteiger partial charge in [0.05, 0.1) is 0 Å². The molecule has 3 nitrogen and oxygen atoms in total. The Morgan fingerprint density at radius 3 is 2.80 bits per heavy atom. The number of thioether (sulfide) groups is 1. The first kappa shape index (κ1) is 7.88. The molecule has 0 saturated carbocycles. The van der Waals surface area contributed by atoms with E-state index in [1.165, 1.54) is 0 Å². The number of aliphatic carboxylic acids is 1. The van der Waals surface area contributed by atoms with Crippen molar-refractivity contribution in [1.29, 1.82) is 0 Å². The van der Waals surface area contributed by atoms with Crippen LogP contribution < -0.4 is 5.32 Å². The average molecular weight is 161 g/mol. The number of carbonyl (C=O) groups is 1. The minimum absolute atomic E-state index is 0.308. The van der Waals surface area contributed by atoms with Gasteiger partial charge in [-0.15, -0.1) is 0 Å². The number of nitrogens with one attached hydrogen (secondary N) is 1. The number of carboxylic acid groups (broad SMARTS) is 1. The van der Waals surface area contributed by atoms with Crippen LogP contribution in [0.4, 0.5) is 0 Å². The van der Waals surface area contributed by atoms with E-state index in [9.17, 15) is 4.79 Å². The van der Waals surface area contributed by atoms with Crippen LogP contribution in [-0.4, -0.2) is 35.2 Å². The van der Waals surface area contributed by atoms with Crippen LogP contribution in [0, 0.1) is 0 Å². The fraction of sp³-hybridized carbons (Fsp3) is 0.833. The maximum atomic E-state index is 10.4. The van der Waals surface area contributed by atoms with Gasteiger partial charge in [-0.3, -0.25) is 4.79 Å². The van der Waals surface area contributed by atoms with E-state index < -0.39 is 5.97 Å². The molecule has 1 fully saturated rings. The van der Waals surface area contributed by atoms with Gasteiger partial charge in [0.2, 0.25) is 0 Å². The molecule has 0 aromatic carbocycles. The van der Waals surface area contributed by atoms with Gasteiger partial charge in [-0.2, -0.15) is 11.8 Å². The molecule has 0 amide bonds. The molecule has 0 aromatic heterocycles. The Balaban J connectivity index is 2.35. The summed E-state index contributed by atoms with van der Waals surface area (Å²) in [4.78, 5) is 10.4. The zero-order chi connectivity index (χ0) is 7.56. The molecule has 1 saturated heterocycles. The van der Waals surface area contributed by atoms with Crippen molar-refractivity contribution in [2.24, 2.45) is 0 Å². The molecule has 2 atom stereocenters. The van der Waals surface area contributed by atoms with E-state index in [1.807, 2.05) is 6.26 Å². The zero-order valence-corrected chi connectivity index (χ0v) is 6.65. The van der Waals surface area contributed by atoms with Gasteiger partial charge in [0.25, 0.3) is 0 Å². The van der Waals surface area contributed by atoms with Crippen LogP contribution in [-0.2, 0) is 4.79 Å². The Hall–Kier alpha value is -0.220. The van der Waals surface area contributed by atoms with Crippen LogP contribution in [0.25, 0.3) is 0 Å². The summed E-state index contributed by atoms with van der Waals surface area (Å²) >= 11 is 1.73. The summed E-state index contributed by atoms with van der Waals surface area (Å²) in [5.74, 6) is -0.725. The summed E-state index contributed by atoms with van der Waals surface area (Å²) in [7, 11) is 0. The Kier molecular flexibility index (Phi) is 2.56. The first-order valence-electron chi connectivity index (χ1n) is 3.23. The first-order chi connectivity index (χ1) is 4.74. The Morgan fingerprint density at radius 1 is 1.80 bits per heavy atom. The zero-order valence-electron chi connectivity index (χ0n) is 5.83. The number of rotatable bonds is 2. The normalized spacial score (nSPS) is 32.5. The van der Waals surface area contributed by atoms with Crippen molar-refractivity contribution in [3.05, 3.63) is 0 Å². The van der Waals surface area contributed by atoms with Gasteiger partial charge in [0.1, 0.15) is 6.04 Å². The summed E-state index contributed by atoms with van der Waals surface area (Å²) in [6.45, 7) is 0.831. The van der Waals surface area contributed by atoms with E-state index in [4.69, 9.17) is 5.11 Å². The molecule has 1 aliphatic rings. The lowest BCUT2D eigenvalue weighted by Gasteiger charge is -2.01. The van der Waals surface area contributed by atoms with Crippen molar-refractivity contribution in [3.63, 3.8) is 0 Å². The van der Waals surface area contributed by atoms with E-state index in [2.05, 4.69) is 5.32 Å². The van der Waals surface area contributed by atoms with E-state index in [1.54, 1.807) is 11.8 Å². The number of carboxylic acids is 1. The van der Waals surface area contributed by atoms with Crippen LogP contribution in [0.5, 0.6) is 0 Å². The lowest BCUT2D eigenvalue weighted by Crippen LogP contribution is -2.29. The van der Waals surface area contributed by atoms with Crippen molar-refractivity contribution < 1.29 is 9.90 Å². The summed E-state index contributed by atoms with van der Waals surface area (Å²) < 4.78 is 0. The molecule has 1 aliphatic heterocycles. The van der Waals surface area contributed by atoms with Crippen molar-refractivity contribution >= 4 is 17.7 Å². The highest BCUT2D eigenvalue weighted by Crippen LogP contribution is 2.17. The Labute approximate surface area is 64.2 Å². The van der Waals surface area contributed by atoms with Gasteiger partial charge < -0.3 is 10.4 Å². The third-order valence-corrected chi connectivity index (χ3v) is 2.75. The second kappa shape index (κ2) is 3.25. The van der Waals surface area contributed by atoms with Gasteiger partial charge in [-0.05, 0) is 12.7 Å². The highest BCUT2D eigenvalue weighted by atomic mass is 32.2. The highest BCUT2D eigenvalue weighted by Gasteiger charge is 2.27. The molecule has 1 heterocycles. The van der Waals surface area contributed by atoms with E-state index in [0.717, 1.165) is 13.0 Å². The molecule has 58 valence electrons. The van der Waals surface area contributed by atoms with Crippen molar-refractivity contribution in [3.8, 4) is 0 Å². The maximum absolute atomic E-state index is 10.4. The molecule has 2 unspecified atom stereocenters. The smallest absolute Gasteiger partial charge is 0.320 e. The van der Waals surface area contributed by atoms with Gasteiger partial charge in [0, 0.05) is 11.8 Å². The second-order valence-electron chi connectivity index (χ2n) is 2.39. The van der Waals surface area contributed by atoms with Crippen LogP contribution in [0.3, 0.4) is 0 Å². The Bertz CT molecular complexity index is 140. The van der Waals surface area contributed by atoms with Gasteiger partial charge in [0.15, 0.2) is 0 Å². The molecule has 10 heavy (non-hydrogen) atoms. The predicted molar refractivity (Wildman–Crippen MR) is 41.3 cm³/mol. The van der Waals surface area contributed by atoms with Crippen LogP contribution in [0.1, 0.15) is 6.42 Å². The summed E-state index contributed by atoms with van der Waals surface area (Å²) in [5, 5.41) is 12.0. The van der Waals surface area contributed by atoms with Crippen molar-refractivity contribution in [2.75, 3.05) is 12.8 Å². The van der Waals surface area contributed by atoms with Gasteiger partial charge in [-0.1, -0.05) is 0 Å². The summed E-state index contributed by atoms with van der Waals surface area (Å²) in [6, 6.07) is -0.308. The summed E-state index contributed by atoms with van der Waals surface area (Å²) in [6.07, 6.45) is 2.77.